The van der Waals surface area contributed by atoms with Gasteiger partial charge in [0.05, 0.1) is 18.7 Å². The largest absolute Gasteiger partial charge is 0.496 e. The van der Waals surface area contributed by atoms with Crippen LogP contribution in [0, 0.1) is 0 Å². The van der Waals surface area contributed by atoms with Crippen LogP contribution in [0.25, 0.3) is 0 Å². The van der Waals surface area contributed by atoms with Crippen LogP contribution in [0.1, 0.15) is 46.7 Å². The van der Waals surface area contributed by atoms with Crippen molar-refractivity contribution in [1.82, 2.24) is 10.2 Å². The van der Waals surface area contributed by atoms with E-state index in [0.29, 0.717) is 18.5 Å². The summed E-state index contributed by atoms with van der Waals surface area (Å²) >= 11 is 0. The maximum atomic E-state index is 13.3. The summed E-state index contributed by atoms with van der Waals surface area (Å²) in [4.78, 5) is 27.5. The Labute approximate surface area is 207 Å². The zero-order chi connectivity index (χ0) is 25.7. The Balaban J connectivity index is 1.43. The Hall–Kier alpha value is -3.81. The fourth-order valence-corrected chi connectivity index (χ4v) is 4.60. The number of ether oxygens (including phenoxy) is 1. The predicted octanol–water partition coefficient (Wildman–Crippen LogP) is 5.28. The van der Waals surface area contributed by atoms with Gasteiger partial charge in [0.1, 0.15) is 5.75 Å². The van der Waals surface area contributed by atoms with E-state index < -0.39 is 17.6 Å². The van der Waals surface area contributed by atoms with E-state index in [1.807, 2.05) is 48.5 Å². The summed E-state index contributed by atoms with van der Waals surface area (Å²) in [5.41, 5.74) is 2.61. The molecule has 0 aromatic heterocycles. The van der Waals surface area contributed by atoms with Gasteiger partial charge in [-0.05, 0) is 41.3 Å². The molecule has 2 amide bonds. The molecule has 188 valence electrons. The smallest absolute Gasteiger partial charge is 0.416 e. The lowest BCUT2D eigenvalue weighted by atomic mass is 9.87. The summed E-state index contributed by atoms with van der Waals surface area (Å²) in [7, 11) is 1.63. The number of hydrogen-bond donors (Lipinski definition) is 1. The van der Waals surface area contributed by atoms with Crippen molar-refractivity contribution in [3.8, 4) is 5.75 Å². The number of nitrogens with one attached hydrogen (secondary N) is 1. The maximum absolute atomic E-state index is 13.3. The van der Waals surface area contributed by atoms with E-state index in [-0.39, 0.29) is 31.3 Å². The number of methoxy groups -OCH3 is 1. The zero-order valence-corrected chi connectivity index (χ0v) is 19.8. The second-order valence-corrected chi connectivity index (χ2v) is 8.65. The van der Waals surface area contributed by atoms with E-state index in [0.717, 1.165) is 34.6 Å². The molecule has 1 aliphatic heterocycles. The summed E-state index contributed by atoms with van der Waals surface area (Å²) < 4.78 is 44.3. The van der Waals surface area contributed by atoms with Crippen molar-refractivity contribution >= 4 is 11.8 Å². The number of fused-ring (bicyclic) bond motifs is 1. The van der Waals surface area contributed by atoms with E-state index >= 15 is 0 Å². The van der Waals surface area contributed by atoms with Crippen molar-refractivity contribution in [1.29, 1.82) is 0 Å². The van der Waals surface area contributed by atoms with Crippen LogP contribution < -0.4 is 10.1 Å². The molecule has 0 radical (unpaired) electrons. The third kappa shape index (κ3) is 5.70. The molecule has 0 fully saturated rings. The Morgan fingerprint density at radius 3 is 2.47 bits per heavy atom. The van der Waals surface area contributed by atoms with Crippen LogP contribution in [0.4, 0.5) is 13.2 Å². The highest BCUT2D eigenvalue weighted by atomic mass is 19.4. The molecule has 1 N–H and O–H groups in total. The highest BCUT2D eigenvalue weighted by molar-refractivity contribution is 5.84. The van der Waals surface area contributed by atoms with E-state index in [1.54, 1.807) is 12.0 Å². The lowest BCUT2D eigenvalue weighted by Crippen LogP contribution is -2.41. The standard InChI is InChI=1S/C28H27F3N2O3/c1-36-24-12-6-11-23-22(24)15-16-33(27(23)20-8-3-2-4-9-20)26(35)14-13-25(34)32-18-19-7-5-10-21(17-19)28(29,30)31/h2-12,17,27H,13-16,18H2,1H3,(H,32,34). The first kappa shape index (κ1) is 25.3. The van der Waals surface area contributed by atoms with Crippen molar-refractivity contribution in [2.75, 3.05) is 13.7 Å². The lowest BCUT2D eigenvalue weighted by Gasteiger charge is -2.38. The van der Waals surface area contributed by atoms with E-state index in [1.165, 1.54) is 12.1 Å². The van der Waals surface area contributed by atoms with Crippen LogP contribution in [0.2, 0.25) is 0 Å². The summed E-state index contributed by atoms with van der Waals surface area (Å²) in [5, 5.41) is 2.62. The number of amides is 2. The molecule has 3 aromatic carbocycles. The molecular weight excluding hydrogens is 469 g/mol. The monoisotopic (exact) mass is 496 g/mol. The molecule has 1 aliphatic rings. The van der Waals surface area contributed by atoms with Gasteiger partial charge in [0.25, 0.3) is 0 Å². The topological polar surface area (TPSA) is 58.6 Å². The average molecular weight is 497 g/mol. The van der Waals surface area contributed by atoms with Gasteiger partial charge in [0.2, 0.25) is 11.8 Å². The third-order valence-electron chi connectivity index (χ3n) is 6.34. The molecule has 36 heavy (non-hydrogen) atoms. The molecule has 3 aromatic rings. The summed E-state index contributed by atoms with van der Waals surface area (Å²) in [6.45, 7) is 0.443. The lowest BCUT2D eigenvalue weighted by molar-refractivity contribution is -0.137. The molecule has 0 saturated heterocycles. The van der Waals surface area contributed by atoms with E-state index in [4.69, 9.17) is 4.74 Å². The second-order valence-electron chi connectivity index (χ2n) is 8.65. The Morgan fingerprint density at radius 2 is 1.75 bits per heavy atom. The molecule has 4 rings (SSSR count). The number of halogens is 3. The van der Waals surface area contributed by atoms with Gasteiger partial charge in [-0.3, -0.25) is 9.59 Å². The fourth-order valence-electron chi connectivity index (χ4n) is 4.60. The van der Waals surface area contributed by atoms with Crippen LogP contribution in [0.3, 0.4) is 0 Å². The summed E-state index contributed by atoms with van der Waals surface area (Å²) in [6, 6.07) is 20.0. The molecule has 0 saturated carbocycles. The first-order chi connectivity index (χ1) is 17.3. The molecule has 1 atom stereocenters. The van der Waals surface area contributed by atoms with Crippen LogP contribution in [-0.2, 0) is 28.7 Å². The van der Waals surface area contributed by atoms with Gasteiger partial charge in [0, 0.05) is 31.5 Å². The number of nitrogens with zero attached hydrogens (tertiary/aromatic N) is 1. The molecule has 8 heteroatoms. The summed E-state index contributed by atoms with van der Waals surface area (Å²) in [6.07, 6.45) is -3.87. The minimum absolute atomic E-state index is 0.00292. The zero-order valence-electron chi connectivity index (χ0n) is 19.8. The number of rotatable bonds is 7. The molecule has 5 nitrogen and oxygen atoms in total. The normalized spacial score (nSPS) is 15.2. The van der Waals surface area contributed by atoms with Crippen LogP contribution in [0.5, 0.6) is 5.75 Å². The quantitative estimate of drug-likeness (QED) is 0.484. The molecule has 0 spiro atoms. The minimum atomic E-state index is -4.45. The molecule has 1 heterocycles. The van der Waals surface area contributed by atoms with Gasteiger partial charge in [0.15, 0.2) is 0 Å². The van der Waals surface area contributed by atoms with Crippen molar-refractivity contribution in [2.24, 2.45) is 0 Å². The van der Waals surface area contributed by atoms with Gasteiger partial charge in [-0.15, -0.1) is 0 Å². The highest BCUT2D eigenvalue weighted by Crippen LogP contribution is 2.39. The van der Waals surface area contributed by atoms with Gasteiger partial charge in [-0.1, -0.05) is 54.6 Å². The molecular formula is C28H27F3N2O3. The van der Waals surface area contributed by atoms with Gasteiger partial charge >= 0.3 is 6.18 Å². The number of carbonyl (C=O) groups excluding carboxylic acids is 2. The molecule has 0 bridgehead atoms. The number of hydrogen-bond acceptors (Lipinski definition) is 3. The SMILES string of the molecule is COc1cccc2c1CCN(C(=O)CCC(=O)NCc1cccc(C(F)(F)F)c1)C2c1ccccc1. The first-order valence-corrected chi connectivity index (χ1v) is 11.7. The van der Waals surface area contributed by atoms with Crippen molar-refractivity contribution in [3.05, 3.63) is 101 Å². The molecule has 0 aliphatic carbocycles. The van der Waals surface area contributed by atoms with Gasteiger partial charge < -0.3 is 15.0 Å². The first-order valence-electron chi connectivity index (χ1n) is 11.7. The van der Waals surface area contributed by atoms with Crippen molar-refractivity contribution in [3.63, 3.8) is 0 Å². The maximum Gasteiger partial charge on any atom is 0.416 e. The number of benzene rings is 3. The fraction of sp³-hybridized carbons (Fsp3) is 0.286. The Kier molecular flexibility index (Phi) is 7.62. The van der Waals surface area contributed by atoms with Crippen LogP contribution in [0.15, 0.2) is 72.8 Å². The van der Waals surface area contributed by atoms with Crippen LogP contribution in [-0.4, -0.2) is 30.4 Å². The Bertz CT molecular complexity index is 1230. The number of carbonyl (C=O) groups is 2. The van der Waals surface area contributed by atoms with Crippen molar-refractivity contribution in [2.45, 2.75) is 38.0 Å². The second kappa shape index (κ2) is 10.8. The Morgan fingerprint density at radius 1 is 1.00 bits per heavy atom. The van der Waals surface area contributed by atoms with Crippen molar-refractivity contribution < 1.29 is 27.5 Å². The molecule has 1 unspecified atom stereocenters. The predicted molar refractivity (Wildman–Crippen MR) is 129 cm³/mol. The van der Waals surface area contributed by atoms with E-state index in [2.05, 4.69) is 5.32 Å². The highest BCUT2D eigenvalue weighted by Gasteiger charge is 2.33. The third-order valence-corrected chi connectivity index (χ3v) is 6.34. The van der Waals surface area contributed by atoms with Gasteiger partial charge in [-0.2, -0.15) is 13.2 Å². The number of alkyl halides is 3. The van der Waals surface area contributed by atoms with E-state index in [9.17, 15) is 22.8 Å². The van der Waals surface area contributed by atoms with Crippen LogP contribution >= 0.6 is 0 Å². The van der Waals surface area contributed by atoms with Gasteiger partial charge in [-0.25, -0.2) is 0 Å². The summed E-state index contributed by atoms with van der Waals surface area (Å²) in [5.74, 6) is 0.233. The minimum Gasteiger partial charge on any atom is -0.496 e. The average Bonchev–Trinajstić information content (AvgIpc) is 2.89.